The molecule has 0 aromatic carbocycles. The van der Waals surface area contributed by atoms with Gasteiger partial charge in [0.15, 0.2) is 5.65 Å². The lowest BCUT2D eigenvalue weighted by atomic mass is 10.1. The third-order valence-corrected chi connectivity index (χ3v) is 2.46. The number of nitrogens with one attached hydrogen (secondary N) is 1. The quantitative estimate of drug-likeness (QED) is 0.607. The van der Waals surface area contributed by atoms with E-state index in [1.807, 2.05) is 12.1 Å². The molecule has 1 aliphatic rings. The molecule has 2 aromatic rings. The summed E-state index contributed by atoms with van der Waals surface area (Å²) in [6, 6.07) is 3.73. The molecule has 1 unspecified atom stereocenters. The number of fused-ring (bicyclic) bond motifs is 3. The topological polar surface area (TPSA) is 62.5 Å². The number of β-amino-alcohol motifs (C(OH)–C–C–N with tert-alkyl or cyclic N) is 1. The smallest absolute Gasteiger partial charge is 0.154 e. The van der Waals surface area contributed by atoms with Gasteiger partial charge in [-0.2, -0.15) is 5.10 Å². The summed E-state index contributed by atoms with van der Waals surface area (Å²) in [6.07, 6.45) is 1.20. The van der Waals surface area contributed by atoms with E-state index in [9.17, 15) is 5.11 Å². The molecule has 0 saturated carbocycles. The van der Waals surface area contributed by atoms with Crippen LogP contribution in [0, 0.1) is 0 Å². The monoisotopic (exact) mass is 190 g/mol. The summed E-state index contributed by atoms with van der Waals surface area (Å²) in [5.41, 5.74) is 2.50. The van der Waals surface area contributed by atoms with Crippen LogP contribution in [0.2, 0.25) is 0 Å². The van der Waals surface area contributed by atoms with E-state index in [0.717, 1.165) is 17.0 Å². The maximum atomic E-state index is 9.70. The highest BCUT2D eigenvalue weighted by Crippen LogP contribution is 2.21. The Hall–Kier alpha value is -1.46. The number of aliphatic hydroxyl groups excluding tert-OH is 1. The molecule has 72 valence electrons. The fourth-order valence-electron chi connectivity index (χ4n) is 1.81. The molecule has 0 saturated heterocycles. The molecule has 3 rings (SSSR count). The molecule has 5 heteroatoms. The third-order valence-electron chi connectivity index (χ3n) is 2.46. The Labute approximate surface area is 80.4 Å². The number of hydrogen-bond acceptors (Lipinski definition) is 4. The number of nitrogens with zero attached hydrogens (tertiary/aromatic N) is 3. The zero-order valence-corrected chi connectivity index (χ0v) is 7.51. The van der Waals surface area contributed by atoms with E-state index >= 15 is 0 Å². The zero-order chi connectivity index (χ0) is 9.54. The van der Waals surface area contributed by atoms with E-state index in [0.29, 0.717) is 13.1 Å². The lowest BCUT2D eigenvalue weighted by Crippen LogP contribution is -2.28. The molecular formula is C9H10N4O. The molecule has 2 N–H and O–H groups in total. The Morgan fingerprint density at radius 2 is 2.50 bits per heavy atom. The van der Waals surface area contributed by atoms with Crippen LogP contribution in [0.3, 0.4) is 0 Å². The van der Waals surface area contributed by atoms with Gasteiger partial charge in [0.25, 0.3) is 0 Å². The third kappa shape index (κ3) is 0.964. The minimum atomic E-state index is -0.513. The first-order valence-electron chi connectivity index (χ1n) is 4.57. The van der Waals surface area contributed by atoms with Gasteiger partial charge in [0.1, 0.15) is 6.10 Å². The molecule has 1 aliphatic heterocycles. The lowest BCUT2D eigenvalue weighted by molar-refractivity contribution is 0.160. The van der Waals surface area contributed by atoms with Crippen molar-refractivity contribution < 1.29 is 5.11 Å². The SMILES string of the molecule is OC1CNCc2c1nc1cccnn21. The first-order valence-corrected chi connectivity index (χ1v) is 4.57. The predicted octanol–water partition coefficient (Wildman–Crippen LogP) is -0.134. The minimum Gasteiger partial charge on any atom is -0.385 e. The van der Waals surface area contributed by atoms with Crippen molar-refractivity contribution in [1.29, 1.82) is 0 Å². The maximum Gasteiger partial charge on any atom is 0.154 e. The van der Waals surface area contributed by atoms with Crippen molar-refractivity contribution in [1.82, 2.24) is 19.9 Å². The number of aromatic nitrogens is 3. The highest BCUT2D eigenvalue weighted by molar-refractivity contribution is 5.42. The molecule has 14 heavy (non-hydrogen) atoms. The van der Waals surface area contributed by atoms with Gasteiger partial charge in [-0.1, -0.05) is 0 Å². The predicted molar refractivity (Wildman–Crippen MR) is 49.7 cm³/mol. The highest BCUT2D eigenvalue weighted by atomic mass is 16.3. The summed E-state index contributed by atoms with van der Waals surface area (Å²) in [4.78, 5) is 4.34. The van der Waals surface area contributed by atoms with Crippen LogP contribution in [0.4, 0.5) is 0 Å². The van der Waals surface area contributed by atoms with E-state index in [1.165, 1.54) is 0 Å². The van der Waals surface area contributed by atoms with Crippen LogP contribution in [0.15, 0.2) is 18.3 Å². The number of hydrogen-bond donors (Lipinski definition) is 2. The van der Waals surface area contributed by atoms with E-state index in [-0.39, 0.29) is 0 Å². The van der Waals surface area contributed by atoms with E-state index in [4.69, 9.17) is 0 Å². The Kier molecular flexibility index (Phi) is 1.56. The molecular weight excluding hydrogens is 180 g/mol. The molecule has 1 atom stereocenters. The zero-order valence-electron chi connectivity index (χ0n) is 7.51. The number of imidazole rings is 1. The van der Waals surface area contributed by atoms with E-state index < -0.39 is 6.10 Å². The summed E-state index contributed by atoms with van der Waals surface area (Å²) in [5.74, 6) is 0. The second kappa shape index (κ2) is 2.76. The second-order valence-electron chi connectivity index (χ2n) is 3.38. The van der Waals surface area contributed by atoms with Crippen molar-refractivity contribution in [3.63, 3.8) is 0 Å². The number of rotatable bonds is 0. The Balaban J connectivity index is 2.32. The summed E-state index contributed by atoms with van der Waals surface area (Å²) in [7, 11) is 0. The molecule has 5 nitrogen and oxygen atoms in total. The van der Waals surface area contributed by atoms with Gasteiger partial charge in [0.05, 0.1) is 11.4 Å². The van der Waals surface area contributed by atoms with Gasteiger partial charge in [-0.3, -0.25) is 0 Å². The van der Waals surface area contributed by atoms with Gasteiger partial charge in [-0.25, -0.2) is 9.50 Å². The van der Waals surface area contributed by atoms with E-state index in [1.54, 1.807) is 10.7 Å². The van der Waals surface area contributed by atoms with Gasteiger partial charge in [-0.05, 0) is 12.1 Å². The van der Waals surface area contributed by atoms with Crippen molar-refractivity contribution in [3.05, 3.63) is 29.7 Å². The van der Waals surface area contributed by atoms with Crippen LogP contribution in [-0.4, -0.2) is 26.2 Å². The first kappa shape index (κ1) is 7.90. The minimum absolute atomic E-state index is 0.513. The summed E-state index contributed by atoms with van der Waals surface area (Å²) >= 11 is 0. The normalized spacial score (nSPS) is 21.1. The van der Waals surface area contributed by atoms with Gasteiger partial charge in [-0.15, -0.1) is 0 Å². The first-order chi connectivity index (χ1) is 6.86. The van der Waals surface area contributed by atoms with Gasteiger partial charge in [0.2, 0.25) is 0 Å². The average Bonchev–Trinajstić information content (AvgIpc) is 2.59. The van der Waals surface area contributed by atoms with Crippen molar-refractivity contribution >= 4 is 5.65 Å². The van der Waals surface area contributed by atoms with Crippen molar-refractivity contribution in [2.75, 3.05) is 6.54 Å². The molecule has 0 bridgehead atoms. The maximum absolute atomic E-state index is 9.70. The Bertz CT molecular complexity index is 479. The van der Waals surface area contributed by atoms with Gasteiger partial charge < -0.3 is 10.4 Å². The Morgan fingerprint density at radius 1 is 1.57 bits per heavy atom. The van der Waals surface area contributed by atoms with Gasteiger partial charge in [0, 0.05) is 19.3 Å². The van der Waals surface area contributed by atoms with E-state index in [2.05, 4.69) is 15.4 Å². The molecule has 0 amide bonds. The molecule has 0 aliphatic carbocycles. The van der Waals surface area contributed by atoms with Crippen LogP contribution >= 0.6 is 0 Å². The standard InChI is InChI=1S/C9H10N4O/c14-7-5-10-4-6-9(7)12-8-2-1-3-11-13(6)8/h1-3,7,10,14H,4-5H2. The van der Waals surface area contributed by atoms with Gasteiger partial charge >= 0.3 is 0 Å². The molecule has 3 heterocycles. The average molecular weight is 190 g/mol. The van der Waals surface area contributed by atoms with Crippen molar-refractivity contribution in [3.8, 4) is 0 Å². The van der Waals surface area contributed by atoms with Crippen molar-refractivity contribution in [2.24, 2.45) is 0 Å². The summed E-state index contributed by atoms with van der Waals surface area (Å²) in [5, 5.41) is 17.0. The number of aliphatic hydroxyl groups is 1. The largest absolute Gasteiger partial charge is 0.385 e. The summed E-state index contributed by atoms with van der Waals surface area (Å²) < 4.78 is 1.77. The Morgan fingerprint density at radius 3 is 3.43 bits per heavy atom. The highest BCUT2D eigenvalue weighted by Gasteiger charge is 2.23. The fourth-order valence-corrected chi connectivity index (χ4v) is 1.81. The van der Waals surface area contributed by atoms with Crippen LogP contribution in [0.5, 0.6) is 0 Å². The summed E-state index contributed by atoms with van der Waals surface area (Å²) in [6.45, 7) is 1.28. The molecule has 2 aromatic heterocycles. The fraction of sp³-hybridized carbons (Fsp3) is 0.333. The molecule has 0 fully saturated rings. The van der Waals surface area contributed by atoms with Crippen LogP contribution in [0.1, 0.15) is 17.5 Å². The lowest BCUT2D eigenvalue weighted by Gasteiger charge is -2.17. The van der Waals surface area contributed by atoms with Crippen molar-refractivity contribution in [2.45, 2.75) is 12.6 Å². The van der Waals surface area contributed by atoms with Crippen LogP contribution in [-0.2, 0) is 6.54 Å². The van der Waals surface area contributed by atoms with Crippen LogP contribution in [0.25, 0.3) is 5.65 Å². The molecule has 0 spiro atoms. The molecule has 0 radical (unpaired) electrons. The van der Waals surface area contributed by atoms with Crippen LogP contribution < -0.4 is 5.32 Å². The second-order valence-corrected chi connectivity index (χ2v) is 3.38.